The van der Waals surface area contributed by atoms with E-state index in [-0.39, 0.29) is 57.7 Å². The molecule has 2 heterocycles. The zero-order valence-corrected chi connectivity index (χ0v) is 23.1. The number of rotatable bonds is 8. The van der Waals surface area contributed by atoms with Gasteiger partial charge in [0.25, 0.3) is 0 Å². The molecular weight excluding hydrogens is 522 g/mol. The minimum absolute atomic E-state index is 0.0426. The predicted molar refractivity (Wildman–Crippen MR) is 153 cm³/mol. The van der Waals surface area contributed by atoms with E-state index in [1.165, 1.54) is 24.3 Å². The Kier molecular flexibility index (Phi) is 6.60. The van der Waals surface area contributed by atoms with Crippen molar-refractivity contribution < 1.29 is 22.8 Å². The van der Waals surface area contributed by atoms with Crippen LogP contribution in [-0.4, -0.2) is 21.5 Å². The maximum Gasteiger partial charge on any atom is 0.167 e. The average molecular weight is 551 g/mol. The van der Waals surface area contributed by atoms with Crippen molar-refractivity contribution in [3.63, 3.8) is 0 Å². The third kappa shape index (κ3) is 4.65. The van der Waals surface area contributed by atoms with Crippen LogP contribution >= 0.6 is 0 Å². The molecule has 1 fully saturated rings. The molecule has 0 N–H and O–H groups in total. The van der Waals surface area contributed by atoms with Crippen LogP contribution in [0.3, 0.4) is 0 Å². The third-order valence-electron chi connectivity index (χ3n) is 8.05. The second-order valence-electron chi connectivity index (χ2n) is 10.8. The number of hydrogen-bond donors (Lipinski definition) is 0. The summed E-state index contributed by atoms with van der Waals surface area (Å²) in [5.74, 6) is -0.464. The quantitative estimate of drug-likeness (QED) is 0.182. The summed E-state index contributed by atoms with van der Waals surface area (Å²) in [6.45, 7) is 5.45. The molecule has 0 spiro atoms. The molecule has 1 aliphatic carbocycles. The van der Waals surface area contributed by atoms with Crippen molar-refractivity contribution in [2.75, 3.05) is 0 Å². The Labute approximate surface area is 236 Å². The molecule has 5 nitrogen and oxygen atoms in total. The minimum Gasteiger partial charge on any atom is -0.455 e. The predicted octanol–water partition coefficient (Wildman–Crippen LogP) is 8.35. The van der Waals surface area contributed by atoms with Gasteiger partial charge in [0.1, 0.15) is 28.8 Å². The Balaban J connectivity index is 1.45. The van der Waals surface area contributed by atoms with Gasteiger partial charge in [0.15, 0.2) is 11.6 Å². The van der Waals surface area contributed by atoms with Crippen LogP contribution in [0.5, 0.6) is 0 Å². The number of nitrogens with zero attached hydrogens (tertiary/aromatic N) is 2. The number of furan rings is 1. The Hall–Kier alpha value is -4.52. The van der Waals surface area contributed by atoms with E-state index in [0.717, 1.165) is 24.0 Å². The van der Waals surface area contributed by atoms with Crippen LogP contribution < -0.4 is 0 Å². The SMILES string of the molecule is CCC(=O)c1c(-c2ccc(F)cc2)oc2ccc(-c3cc(C(=O)CC4(c5ncccn5)CC4)c(C)cc3C)c(F)c12. The van der Waals surface area contributed by atoms with E-state index in [0.29, 0.717) is 22.5 Å². The number of benzene rings is 3. The molecule has 0 atom stereocenters. The van der Waals surface area contributed by atoms with E-state index in [1.807, 2.05) is 19.9 Å². The van der Waals surface area contributed by atoms with Crippen molar-refractivity contribution in [3.8, 4) is 22.5 Å². The molecule has 0 unspecified atom stereocenters. The second kappa shape index (κ2) is 10.1. The van der Waals surface area contributed by atoms with Gasteiger partial charge in [0.05, 0.1) is 10.9 Å². The average Bonchev–Trinajstić information content (AvgIpc) is 3.64. The van der Waals surface area contributed by atoms with Gasteiger partial charge in [-0.3, -0.25) is 9.59 Å². The first kappa shape index (κ1) is 26.7. The topological polar surface area (TPSA) is 73.1 Å². The standard InChI is InChI=1S/C34H28F2N2O3/c1-4-26(39)29-30-28(41-32(29)21-6-8-22(35)9-7-21)11-10-23(31(30)36)24-17-25(20(3)16-19(24)2)27(40)18-34(12-13-34)33-37-14-5-15-38-33/h5-11,14-17H,4,12-13,18H2,1-3H3. The summed E-state index contributed by atoms with van der Waals surface area (Å²) >= 11 is 0. The van der Waals surface area contributed by atoms with E-state index in [2.05, 4.69) is 9.97 Å². The highest BCUT2D eigenvalue weighted by atomic mass is 19.1. The molecule has 1 aliphatic rings. The van der Waals surface area contributed by atoms with Crippen LogP contribution in [0.25, 0.3) is 33.4 Å². The minimum atomic E-state index is -0.599. The molecule has 6 rings (SSSR count). The molecule has 206 valence electrons. The Morgan fingerprint density at radius 2 is 1.61 bits per heavy atom. The Morgan fingerprint density at radius 3 is 2.27 bits per heavy atom. The lowest BCUT2D eigenvalue weighted by Gasteiger charge is -2.16. The number of carbonyl (C=O) groups excluding carboxylic acids is 2. The Morgan fingerprint density at radius 1 is 0.902 bits per heavy atom. The largest absolute Gasteiger partial charge is 0.455 e. The first-order valence-electron chi connectivity index (χ1n) is 13.7. The van der Waals surface area contributed by atoms with Gasteiger partial charge in [-0.05, 0) is 91.9 Å². The van der Waals surface area contributed by atoms with Crippen LogP contribution in [0.15, 0.2) is 71.4 Å². The maximum atomic E-state index is 16.4. The molecule has 0 saturated heterocycles. The summed E-state index contributed by atoms with van der Waals surface area (Å²) in [5.41, 5.74) is 3.46. The lowest BCUT2D eigenvalue weighted by atomic mass is 9.88. The maximum absolute atomic E-state index is 16.4. The van der Waals surface area contributed by atoms with Gasteiger partial charge in [0.2, 0.25) is 0 Å². The van der Waals surface area contributed by atoms with Crippen LogP contribution in [0.1, 0.15) is 70.3 Å². The molecular formula is C34H28F2N2O3. The van der Waals surface area contributed by atoms with Gasteiger partial charge in [-0.15, -0.1) is 0 Å². The first-order chi connectivity index (χ1) is 19.7. The first-order valence-corrected chi connectivity index (χ1v) is 13.7. The van der Waals surface area contributed by atoms with Crippen LogP contribution in [0.2, 0.25) is 0 Å². The van der Waals surface area contributed by atoms with E-state index < -0.39 is 11.6 Å². The molecule has 0 bridgehead atoms. The number of ketones is 2. The summed E-state index contributed by atoms with van der Waals surface area (Å²) in [5, 5.41) is 0.0830. The van der Waals surface area contributed by atoms with Gasteiger partial charge in [-0.2, -0.15) is 0 Å². The van der Waals surface area contributed by atoms with Crippen molar-refractivity contribution in [2.24, 2.45) is 0 Å². The molecule has 2 aromatic heterocycles. The van der Waals surface area contributed by atoms with Gasteiger partial charge < -0.3 is 4.42 Å². The zero-order valence-electron chi connectivity index (χ0n) is 23.1. The number of aromatic nitrogens is 2. The van der Waals surface area contributed by atoms with Crippen LogP contribution in [-0.2, 0) is 5.41 Å². The molecule has 0 amide bonds. The van der Waals surface area contributed by atoms with E-state index >= 15 is 4.39 Å². The van der Waals surface area contributed by atoms with E-state index in [4.69, 9.17) is 4.42 Å². The zero-order chi connectivity index (χ0) is 28.9. The lowest BCUT2D eigenvalue weighted by Crippen LogP contribution is -2.17. The van der Waals surface area contributed by atoms with Gasteiger partial charge in [-0.25, -0.2) is 18.7 Å². The highest BCUT2D eigenvalue weighted by molar-refractivity contribution is 6.13. The van der Waals surface area contributed by atoms with Crippen molar-refractivity contribution in [1.82, 2.24) is 9.97 Å². The van der Waals surface area contributed by atoms with Gasteiger partial charge >= 0.3 is 0 Å². The van der Waals surface area contributed by atoms with Gasteiger partial charge in [-0.1, -0.05) is 13.0 Å². The molecule has 5 aromatic rings. The number of halogens is 2. The normalized spacial score (nSPS) is 13.9. The van der Waals surface area contributed by atoms with Crippen LogP contribution in [0, 0.1) is 25.5 Å². The molecule has 0 aliphatic heterocycles. The van der Waals surface area contributed by atoms with Crippen molar-refractivity contribution >= 4 is 22.5 Å². The highest BCUT2D eigenvalue weighted by Crippen LogP contribution is 2.50. The molecule has 3 aromatic carbocycles. The van der Waals surface area contributed by atoms with Crippen LogP contribution in [0.4, 0.5) is 8.78 Å². The van der Waals surface area contributed by atoms with Crippen molar-refractivity contribution in [2.45, 2.75) is 51.9 Å². The number of carbonyl (C=O) groups is 2. The summed E-state index contributed by atoms with van der Waals surface area (Å²) in [6, 6.07) is 14.2. The fourth-order valence-electron chi connectivity index (χ4n) is 5.65. The van der Waals surface area contributed by atoms with E-state index in [1.54, 1.807) is 43.6 Å². The second-order valence-corrected chi connectivity index (χ2v) is 10.8. The van der Waals surface area contributed by atoms with E-state index in [9.17, 15) is 14.0 Å². The Bertz CT molecular complexity index is 1820. The number of aryl methyl sites for hydroxylation is 2. The monoisotopic (exact) mass is 550 g/mol. The molecule has 7 heteroatoms. The lowest BCUT2D eigenvalue weighted by molar-refractivity contribution is 0.0965. The number of fused-ring (bicyclic) bond motifs is 1. The summed E-state index contributed by atoms with van der Waals surface area (Å²) in [4.78, 5) is 35.5. The number of hydrogen-bond acceptors (Lipinski definition) is 5. The smallest absolute Gasteiger partial charge is 0.167 e. The van der Waals surface area contributed by atoms with Crippen molar-refractivity contribution in [3.05, 3.63) is 107 Å². The highest BCUT2D eigenvalue weighted by Gasteiger charge is 2.48. The molecule has 1 saturated carbocycles. The third-order valence-corrected chi connectivity index (χ3v) is 8.05. The summed E-state index contributed by atoms with van der Waals surface area (Å²) in [6.07, 6.45) is 5.49. The number of Topliss-reactive ketones (excluding diaryl/α,β-unsaturated/α-hetero) is 2. The van der Waals surface area contributed by atoms with Gasteiger partial charge in [0, 0.05) is 47.3 Å². The molecule has 41 heavy (non-hydrogen) atoms. The summed E-state index contributed by atoms with van der Waals surface area (Å²) in [7, 11) is 0. The summed E-state index contributed by atoms with van der Waals surface area (Å²) < 4.78 is 36.0. The van der Waals surface area contributed by atoms with Crippen molar-refractivity contribution in [1.29, 1.82) is 0 Å². The molecule has 0 radical (unpaired) electrons. The fraction of sp³-hybridized carbons (Fsp3) is 0.235. The fourth-order valence-corrected chi connectivity index (χ4v) is 5.65.